The average Bonchev–Trinajstić information content (AvgIpc) is 2.32. The molecule has 2 atom stereocenters. The summed E-state index contributed by atoms with van der Waals surface area (Å²) in [6.45, 7) is 7.39. The topological polar surface area (TPSA) is 33.2 Å². The maximum Gasteiger partial charge on any atom is 0.255 e. The van der Waals surface area contributed by atoms with Crippen molar-refractivity contribution >= 4 is 17.5 Å². The Morgan fingerprint density at radius 1 is 1.44 bits per heavy atom. The zero-order valence-corrected chi connectivity index (χ0v) is 11.9. The van der Waals surface area contributed by atoms with Crippen molar-refractivity contribution in [1.82, 2.24) is 9.88 Å². The Morgan fingerprint density at radius 3 is 2.78 bits per heavy atom. The third-order valence-electron chi connectivity index (χ3n) is 3.54. The van der Waals surface area contributed by atoms with Crippen LogP contribution in [0.3, 0.4) is 0 Å². The van der Waals surface area contributed by atoms with Crippen molar-refractivity contribution in [2.24, 2.45) is 5.92 Å². The van der Waals surface area contributed by atoms with E-state index in [-0.39, 0.29) is 11.3 Å². The largest absolute Gasteiger partial charge is 0.338 e. The summed E-state index contributed by atoms with van der Waals surface area (Å²) in [6.07, 6.45) is 0.868. The highest BCUT2D eigenvalue weighted by Crippen LogP contribution is 2.23. The SMILES string of the molecule is Cc1ccc(C(=O)N2CCC(Cl)C(C)C2)c(C)n1. The first-order chi connectivity index (χ1) is 8.49. The first-order valence-electron chi connectivity index (χ1n) is 6.36. The monoisotopic (exact) mass is 266 g/mol. The van der Waals surface area contributed by atoms with Gasteiger partial charge < -0.3 is 4.90 Å². The van der Waals surface area contributed by atoms with Crippen LogP contribution in [0.4, 0.5) is 0 Å². The van der Waals surface area contributed by atoms with Gasteiger partial charge in [-0.2, -0.15) is 0 Å². The van der Waals surface area contributed by atoms with Gasteiger partial charge in [-0.05, 0) is 38.3 Å². The number of piperidine rings is 1. The number of hydrogen-bond donors (Lipinski definition) is 0. The van der Waals surface area contributed by atoms with Gasteiger partial charge in [0.25, 0.3) is 5.91 Å². The number of rotatable bonds is 1. The molecule has 1 aromatic heterocycles. The minimum atomic E-state index is 0.0791. The fourth-order valence-electron chi connectivity index (χ4n) is 2.38. The smallest absolute Gasteiger partial charge is 0.255 e. The molecule has 1 aliphatic heterocycles. The van der Waals surface area contributed by atoms with E-state index >= 15 is 0 Å². The minimum Gasteiger partial charge on any atom is -0.338 e. The molecule has 2 heterocycles. The van der Waals surface area contributed by atoms with Gasteiger partial charge in [0.1, 0.15) is 0 Å². The number of hydrogen-bond acceptors (Lipinski definition) is 2. The number of carbonyl (C=O) groups excluding carboxylic acids is 1. The third kappa shape index (κ3) is 2.66. The van der Waals surface area contributed by atoms with Gasteiger partial charge in [-0.25, -0.2) is 0 Å². The molecule has 0 N–H and O–H groups in total. The van der Waals surface area contributed by atoms with E-state index in [0.29, 0.717) is 11.5 Å². The number of alkyl halides is 1. The molecule has 3 nitrogen and oxygen atoms in total. The fraction of sp³-hybridized carbons (Fsp3) is 0.571. The fourth-order valence-corrected chi connectivity index (χ4v) is 2.56. The second-order valence-corrected chi connectivity index (χ2v) is 5.68. The second-order valence-electron chi connectivity index (χ2n) is 5.12. The van der Waals surface area contributed by atoms with Gasteiger partial charge in [-0.1, -0.05) is 6.92 Å². The molecule has 0 aliphatic carbocycles. The number of aryl methyl sites for hydroxylation is 2. The maximum absolute atomic E-state index is 12.4. The van der Waals surface area contributed by atoms with Gasteiger partial charge >= 0.3 is 0 Å². The lowest BCUT2D eigenvalue weighted by Gasteiger charge is -2.34. The van der Waals surface area contributed by atoms with Crippen LogP contribution < -0.4 is 0 Å². The summed E-state index contributed by atoms with van der Waals surface area (Å²) in [5, 5.41) is 0.186. The van der Waals surface area contributed by atoms with Crippen LogP contribution in [0.25, 0.3) is 0 Å². The van der Waals surface area contributed by atoms with Crippen LogP contribution in [0.15, 0.2) is 12.1 Å². The summed E-state index contributed by atoms with van der Waals surface area (Å²) in [4.78, 5) is 18.7. The number of likely N-dealkylation sites (tertiary alicyclic amines) is 1. The van der Waals surface area contributed by atoms with E-state index in [1.165, 1.54) is 0 Å². The Balaban J connectivity index is 2.16. The highest BCUT2D eigenvalue weighted by molar-refractivity contribution is 6.20. The quantitative estimate of drug-likeness (QED) is 0.733. The minimum absolute atomic E-state index is 0.0791. The molecule has 2 rings (SSSR count). The van der Waals surface area contributed by atoms with Crippen LogP contribution in [0.1, 0.15) is 35.1 Å². The number of halogens is 1. The van der Waals surface area contributed by atoms with Crippen molar-refractivity contribution in [2.45, 2.75) is 32.6 Å². The highest BCUT2D eigenvalue weighted by atomic mass is 35.5. The van der Waals surface area contributed by atoms with Crippen LogP contribution in [0, 0.1) is 19.8 Å². The van der Waals surface area contributed by atoms with Crippen molar-refractivity contribution in [3.05, 3.63) is 29.1 Å². The van der Waals surface area contributed by atoms with E-state index in [0.717, 1.165) is 30.9 Å². The van der Waals surface area contributed by atoms with Gasteiger partial charge in [0, 0.05) is 24.2 Å². The molecule has 98 valence electrons. The summed E-state index contributed by atoms with van der Waals surface area (Å²) in [6, 6.07) is 3.76. The Labute approximate surface area is 113 Å². The lowest BCUT2D eigenvalue weighted by molar-refractivity contribution is 0.0685. The van der Waals surface area contributed by atoms with E-state index in [1.807, 2.05) is 30.9 Å². The van der Waals surface area contributed by atoms with Crippen molar-refractivity contribution in [2.75, 3.05) is 13.1 Å². The van der Waals surface area contributed by atoms with E-state index < -0.39 is 0 Å². The summed E-state index contributed by atoms with van der Waals surface area (Å²) < 4.78 is 0. The molecule has 1 amide bonds. The molecular weight excluding hydrogens is 248 g/mol. The van der Waals surface area contributed by atoms with Crippen LogP contribution in [-0.4, -0.2) is 34.3 Å². The molecule has 0 aromatic carbocycles. The zero-order valence-electron chi connectivity index (χ0n) is 11.1. The number of pyridine rings is 1. The molecule has 0 spiro atoms. The first-order valence-corrected chi connectivity index (χ1v) is 6.80. The molecule has 0 bridgehead atoms. The molecule has 0 radical (unpaired) electrons. The summed E-state index contributed by atoms with van der Waals surface area (Å²) in [7, 11) is 0. The van der Waals surface area contributed by atoms with Crippen LogP contribution in [0.2, 0.25) is 0 Å². The Bertz CT molecular complexity index is 461. The highest BCUT2D eigenvalue weighted by Gasteiger charge is 2.28. The third-order valence-corrected chi connectivity index (χ3v) is 4.19. The van der Waals surface area contributed by atoms with Gasteiger partial charge in [0.05, 0.1) is 11.3 Å². The standard InChI is InChI=1S/C14H19ClN2O/c1-9-8-17(7-6-13(9)15)14(18)12-5-4-10(2)16-11(12)3/h4-5,9,13H,6-8H2,1-3H3. The maximum atomic E-state index is 12.4. The summed E-state index contributed by atoms with van der Waals surface area (Å²) in [5.41, 5.74) is 2.46. The van der Waals surface area contributed by atoms with Gasteiger partial charge in [0.15, 0.2) is 0 Å². The number of aromatic nitrogens is 1. The number of carbonyl (C=O) groups is 1. The van der Waals surface area contributed by atoms with Crippen molar-refractivity contribution < 1.29 is 4.79 Å². The van der Waals surface area contributed by atoms with Crippen molar-refractivity contribution in [3.63, 3.8) is 0 Å². The number of nitrogens with zero attached hydrogens (tertiary/aromatic N) is 2. The van der Waals surface area contributed by atoms with Crippen LogP contribution in [0.5, 0.6) is 0 Å². The number of amides is 1. The summed E-state index contributed by atoms with van der Waals surface area (Å²) in [5.74, 6) is 0.429. The average molecular weight is 267 g/mol. The molecule has 1 fully saturated rings. The molecule has 1 aliphatic rings. The Morgan fingerprint density at radius 2 is 2.17 bits per heavy atom. The lowest BCUT2D eigenvalue weighted by atomic mass is 9.98. The molecule has 0 saturated carbocycles. The first kappa shape index (κ1) is 13.3. The van der Waals surface area contributed by atoms with E-state index in [1.54, 1.807) is 0 Å². The molecule has 2 unspecified atom stereocenters. The van der Waals surface area contributed by atoms with Crippen molar-refractivity contribution in [1.29, 1.82) is 0 Å². The zero-order chi connectivity index (χ0) is 13.3. The molecule has 1 aromatic rings. The van der Waals surface area contributed by atoms with Gasteiger partial charge in [-0.3, -0.25) is 9.78 Å². The predicted octanol–water partition coefficient (Wildman–Crippen LogP) is 2.79. The molecular formula is C14H19ClN2O. The molecule has 4 heteroatoms. The predicted molar refractivity (Wildman–Crippen MR) is 73.0 cm³/mol. The van der Waals surface area contributed by atoms with E-state index in [2.05, 4.69) is 11.9 Å². The normalized spacial score (nSPS) is 24.1. The Kier molecular flexibility index (Phi) is 3.91. The summed E-state index contributed by atoms with van der Waals surface area (Å²) >= 11 is 6.18. The lowest BCUT2D eigenvalue weighted by Crippen LogP contribution is -2.43. The van der Waals surface area contributed by atoms with Crippen molar-refractivity contribution in [3.8, 4) is 0 Å². The van der Waals surface area contributed by atoms with Gasteiger partial charge in [-0.15, -0.1) is 11.6 Å². The van der Waals surface area contributed by atoms with Crippen LogP contribution >= 0.6 is 11.6 Å². The Hall–Kier alpha value is -1.09. The van der Waals surface area contributed by atoms with Gasteiger partial charge in [0.2, 0.25) is 0 Å². The van der Waals surface area contributed by atoms with Crippen LogP contribution in [-0.2, 0) is 0 Å². The molecule has 18 heavy (non-hydrogen) atoms. The molecule has 1 saturated heterocycles. The van der Waals surface area contributed by atoms with E-state index in [9.17, 15) is 4.79 Å². The second kappa shape index (κ2) is 5.27. The van der Waals surface area contributed by atoms with E-state index in [4.69, 9.17) is 11.6 Å².